The molecule has 0 amide bonds. The highest BCUT2D eigenvalue weighted by Crippen LogP contribution is 2.54. The number of rotatable bonds is 12. The molecule has 0 spiro atoms. The van der Waals surface area contributed by atoms with Crippen LogP contribution in [0.25, 0.3) is 11.1 Å². The molecule has 194 valence electrons. The number of nitriles is 2. The lowest BCUT2D eigenvalue weighted by molar-refractivity contribution is 0.358. The van der Waals surface area contributed by atoms with Crippen molar-refractivity contribution >= 4 is 25.2 Å². The largest absolute Gasteiger partial charge is 0.488 e. The van der Waals surface area contributed by atoms with Crippen LogP contribution in [0, 0.1) is 33.5 Å². The molecule has 0 fully saturated rings. The van der Waals surface area contributed by atoms with Crippen LogP contribution in [0.15, 0.2) is 36.4 Å². The average molecular weight is 500 g/mol. The highest BCUT2D eigenvalue weighted by Gasteiger charge is 2.43. The van der Waals surface area contributed by atoms with Crippen molar-refractivity contribution in [1.82, 2.24) is 0 Å². The summed E-state index contributed by atoms with van der Waals surface area (Å²) < 4.78 is 0. The maximum Gasteiger partial charge on any atom is 0.488 e. The van der Waals surface area contributed by atoms with E-state index in [0.29, 0.717) is 10.9 Å². The summed E-state index contributed by atoms with van der Waals surface area (Å²) in [6.45, 7) is 7.79. The lowest BCUT2D eigenvalue weighted by Gasteiger charge is -2.34. The molecular weight excluding hydrogens is 462 g/mol. The molecule has 6 nitrogen and oxygen atoms in total. The van der Waals surface area contributed by atoms with E-state index >= 15 is 0 Å². The van der Waals surface area contributed by atoms with Crippen LogP contribution < -0.4 is 10.9 Å². The summed E-state index contributed by atoms with van der Waals surface area (Å²) in [5.41, 5.74) is 3.70. The maximum absolute atomic E-state index is 9.95. The van der Waals surface area contributed by atoms with Gasteiger partial charge in [0.1, 0.15) is 0 Å². The van der Waals surface area contributed by atoms with Gasteiger partial charge in [-0.1, -0.05) is 62.1 Å². The second-order valence-corrected chi connectivity index (χ2v) is 11.8. The topological polar surface area (TPSA) is 128 Å². The molecular formula is C29H38B2N2O4. The van der Waals surface area contributed by atoms with Crippen molar-refractivity contribution in [2.75, 3.05) is 0 Å². The molecule has 0 aromatic heterocycles. The molecule has 0 heterocycles. The summed E-state index contributed by atoms with van der Waals surface area (Å²) in [6, 6.07) is 15.8. The fourth-order valence-corrected chi connectivity index (χ4v) is 5.61. The highest BCUT2D eigenvalue weighted by molar-refractivity contribution is 6.59. The predicted octanol–water partition coefficient (Wildman–Crippen LogP) is 3.53. The molecule has 8 heteroatoms. The van der Waals surface area contributed by atoms with Gasteiger partial charge in [-0.25, -0.2) is 0 Å². The van der Waals surface area contributed by atoms with Crippen molar-refractivity contribution in [2.45, 2.75) is 84.5 Å². The van der Waals surface area contributed by atoms with Gasteiger partial charge in [0.2, 0.25) is 0 Å². The van der Waals surface area contributed by atoms with Crippen LogP contribution in [-0.2, 0) is 5.41 Å². The third kappa shape index (κ3) is 6.46. The highest BCUT2D eigenvalue weighted by atomic mass is 16.4. The summed E-state index contributed by atoms with van der Waals surface area (Å²) in [7, 11) is -3.18. The first kappa shape index (κ1) is 29.0. The molecule has 0 saturated carbocycles. The summed E-state index contributed by atoms with van der Waals surface area (Å²) in [5, 5.41) is 58.7. The van der Waals surface area contributed by atoms with Gasteiger partial charge in [0.05, 0.1) is 23.0 Å². The lowest BCUT2D eigenvalue weighted by atomic mass is 9.67. The molecule has 0 aliphatic heterocycles. The molecule has 0 atom stereocenters. The molecule has 0 radical (unpaired) electrons. The van der Waals surface area contributed by atoms with Gasteiger partial charge in [-0.05, 0) is 86.6 Å². The van der Waals surface area contributed by atoms with Gasteiger partial charge in [0.15, 0.2) is 0 Å². The van der Waals surface area contributed by atoms with E-state index in [1.807, 2.05) is 52.0 Å². The minimum atomic E-state index is -1.59. The summed E-state index contributed by atoms with van der Waals surface area (Å²) >= 11 is 0. The first-order valence-electron chi connectivity index (χ1n) is 13.2. The summed E-state index contributed by atoms with van der Waals surface area (Å²) in [5.74, 6) is 0. The number of fused-ring (bicyclic) bond motifs is 3. The SMILES string of the molecule is CC(C)(C#N)CCCCC1(CCCCC(C)(C)C#N)c2cc(B(O)O)ccc2-c2ccc(B(O)O)cc21. The van der Waals surface area contributed by atoms with E-state index in [4.69, 9.17) is 0 Å². The molecule has 0 unspecified atom stereocenters. The standard InChI is InChI=1S/C29H38B2N2O4/c1-27(2,19-32)13-5-7-15-29(16-8-6-14-28(3,4)20-33)25-17-21(30(34)35)9-11-23(25)24-12-10-22(31(36)37)18-26(24)29/h9-12,17-18,34-37H,5-8,13-16H2,1-4H3. The molecule has 1 aliphatic rings. The van der Waals surface area contributed by atoms with E-state index in [0.717, 1.165) is 73.6 Å². The first-order valence-corrected chi connectivity index (χ1v) is 13.2. The van der Waals surface area contributed by atoms with Gasteiger partial charge in [0.25, 0.3) is 0 Å². The smallest absolute Gasteiger partial charge is 0.423 e. The van der Waals surface area contributed by atoms with Gasteiger partial charge < -0.3 is 20.1 Å². The van der Waals surface area contributed by atoms with Crippen LogP contribution in [0.1, 0.15) is 90.2 Å². The molecule has 2 aromatic carbocycles. The molecule has 0 saturated heterocycles. The van der Waals surface area contributed by atoms with Gasteiger partial charge in [-0.3, -0.25) is 0 Å². The normalized spacial score (nSPS) is 13.9. The fraction of sp³-hybridized carbons (Fsp3) is 0.517. The van der Waals surface area contributed by atoms with Crippen LogP contribution in [0.5, 0.6) is 0 Å². The van der Waals surface area contributed by atoms with Gasteiger partial charge in [-0.15, -0.1) is 0 Å². The first-order chi connectivity index (χ1) is 17.4. The Hall–Kier alpha value is -2.61. The molecule has 2 aromatic rings. The van der Waals surface area contributed by atoms with Crippen LogP contribution >= 0.6 is 0 Å². The Morgan fingerprint density at radius 2 is 1.05 bits per heavy atom. The molecule has 37 heavy (non-hydrogen) atoms. The Kier molecular flexibility index (Phi) is 8.93. The van der Waals surface area contributed by atoms with Crippen molar-refractivity contribution in [3.8, 4) is 23.3 Å². The Morgan fingerprint density at radius 3 is 1.38 bits per heavy atom. The van der Waals surface area contributed by atoms with Crippen LogP contribution in [0.3, 0.4) is 0 Å². The maximum atomic E-state index is 9.95. The zero-order valence-corrected chi connectivity index (χ0v) is 22.5. The van der Waals surface area contributed by atoms with Crippen LogP contribution in [0.2, 0.25) is 0 Å². The number of hydrogen-bond donors (Lipinski definition) is 4. The second kappa shape index (κ2) is 11.4. The second-order valence-electron chi connectivity index (χ2n) is 11.8. The van der Waals surface area contributed by atoms with Crippen molar-refractivity contribution in [2.24, 2.45) is 10.8 Å². The Bertz CT molecular complexity index is 1100. The number of unbranched alkanes of at least 4 members (excludes halogenated alkanes) is 2. The van der Waals surface area contributed by atoms with E-state index in [1.165, 1.54) is 0 Å². The number of benzene rings is 2. The minimum Gasteiger partial charge on any atom is -0.423 e. The lowest BCUT2D eigenvalue weighted by Crippen LogP contribution is -2.34. The summed E-state index contributed by atoms with van der Waals surface area (Å²) in [6.07, 6.45) is 6.61. The molecule has 0 bridgehead atoms. The predicted molar refractivity (Wildman–Crippen MR) is 148 cm³/mol. The zero-order chi connectivity index (χ0) is 27.4. The number of hydrogen-bond acceptors (Lipinski definition) is 6. The van der Waals surface area contributed by atoms with Crippen molar-refractivity contribution in [3.05, 3.63) is 47.5 Å². The average Bonchev–Trinajstić information content (AvgIpc) is 3.13. The Labute approximate surface area is 221 Å². The van der Waals surface area contributed by atoms with E-state index in [-0.39, 0.29) is 0 Å². The van der Waals surface area contributed by atoms with E-state index in [1.54, 1.807) is 12.1 Å². The summed E-state index contributed by atoms with van der Waals surface area (Å²) in [4.78, 5) is 0. The minimum absolute atomic E-state index is 0.399. The van der Waals surface area contributed by atoms with Gasteiger partial charge in [0, 0.05) is 5.41 Å². The van der Waals surface area contributed by atoms with E-state index < -0.39 is 30.5 Å². The van der Waals surface area contributed by atoms with Crippen LogP contribution in [-0.4, -0.2) is 34.3 Å². The Balaban J connectivity index is 2.06. The van der Waals surface area contributed by atoms with Crippen molar-refractivity contribution < 1.29 is 20.1 Å². The molecule has 1 aliphatic carbocycles. The third-order valence-corrected chi connectivity index (χ3v) is 7.92. The van der Waals surface area contributed by atoms with Crippen molar-refractivity contribution in [1.29, 1.82) is 10.5 Å². The van der Waals surface area contributed by atoms with Crippen molar-refractivity contribution in [3.63, 3.8) is 0 Å². The third-order valence-electron chi connectivity index (χ3n) is 7.92. The van der Waals surface area contributed by atoms with E-state index in [2.05, 4.69) is 12.1 Å². The fourth-order valence-electron chi connectivity index (χ4n) is 5.61. The zero-order valence-electron chi connectivity index (χ0n) is 22.5. The van der Waals surface area contributed by atoms with E-state index in [9.17, 15) is 30.6 Å². The molecule has 3 rings (SSSR count). The number of nitrogens with zero attached hydrogens (tertiary/aromatic N) is 2. The van der Waals surface area contributed by atoms with Crippen LogP contribution in [0.4, 0.5) is 0 Å². The molecule has 4 N–H and O–H groups in total. The quantitative estimate of drug-likeness (QED) is 0.261. The Morgan fingerprint density at radius 1 is 0.676 bits per heavy atom. The monoisotopic (exact) mass is 500 g/mol. The van der Waals surface area contributed by atoms with Gasteiger partial charge in [-0.2, -0.15) is 10.5 Å². The van der Waals surface area contributed by atoms with Gasteiger partial charge >= 0.3 is 14.2 Å².